The van der Waals surface area contributed by atoms with Crippen molar-refractivity contribution in [1.82, 2.24) is 0 Å². The van der Waals surface area contributed by atoms with E-state index in [0.717, 1.165) is 42.5 Å². The Bertz CT molecular complexity index is 889. The van der Waals surface area contributed by atoms with Gasteiger partial charge in [-0.25, -0.2) is 0 Å². The molecule has 8 atom stereocenters. The monoisotopic (exact) mass is 397 g/mol. The normalized spacial score (nSPS) is 48.2. The predicted molar refractivity (Wildman–Crippen MR) is 111 cm³/mol. The Labute approximate surface area is 173 Å². The number of hydrogen-bond acceptors (Lipinski definition) is 4. The lowest BCUT2D eigenvalue weighted by atomic mass is 9.52. The summed E-state index contributed by atoms with van der Waals surface area (Å²) >= 11 is 0. The van der Waals surface area contributed by atoms with E-state index in [1.165, 1.54) is 48.9 Å². The fourth-order valence-corrected chi connectivity index (χ4v) is 9.17. The van der Waals surface area contributed by atoms with Crippen LogP contribution in [0.5, 0.6) is 11.5 Å². The van der Waals surface area contributed by atoms with Gasteiger partial charge in [-0.3, -0.25) is 0 Å². The van der Waals surface area contributed by atoms with Crippen LogP contribution >= 0.6 is 0 Å². The Balaban J connectivity index is 1.50. The van der Waals surface area contributed by atoms with E-state index in [1.807, 2.05) is 0 Å². The summed E-state index contributed by atoms with van der Waals surface area (Å²) < 4.78 is 19.3. The van der Waals surface area contributed by atoms with Gasteiger partial charge in [-0.05, 0) is 30.4 Å². The van der Waals surface area contributed by atoms with Crippen LogP contribution in [0.2, 0.25) is 0 Å². The van der Waals surface area contributed by atoms with Gasteiger partial charge in [0.05, 0.1) is 51.9 Å². The summed E-state index contributed by atoms with van der Waals surface area (Å²) in [5, 5.41) is 0. The lowest BCUT2D eigenvalue weighted by Crippen LogP contribution is -2.72. The first-order chi connectivity index (χ1) is 14.1. The van der Waals surface area contributed by atoms with Crippen molar-refractivity contribution in [3.63, 3.8) is 0 Å². The Morgan fingerprint density at radius 1 is 1.17 bits per heavy atom. The van der Waals surface area contributed by atoms with Gasteiger partial charge in [-0.2, -0.15) is 0 Å². The molecule has 29 heavy (non-hydrogen) atoms. The number of quaternary nitrogens is 1. The largest absolute Gasteiger partial charge is 0.493 e. The van der Waals surface area contributed by atoms with Crippen LogP contribution in [-0.2, 0) is 10.2 Å². The number of hydrogen-bond donors (Lipinski definition) is 0. The van der Waals surface area contributed by atoms with Gasteiger partial charge in [0.25, 0.3) is 0 Å². The minimum absolute atomic E-state index is 0.252. The zero-order valence-corrected chi connectivity index (χ0v) is 17.9. The predicted octanol–water partition coefficient (Wildman–Crippen LogP) is 2.81. The molecule has 0 radical (unpaired) electrons. The molecule has 5 heteroatoms. The lowest BCUT2D eigenvalue weighted by molar-refractivity contribution is -0.934. The lowest BCUT2D eigenvalue weighted by Gasteiger charge is -2.61. The molecule has 0 amide bonds. The SMILES string of the molecule is COc1cc2c(cc1OC)C13CC[N+]4(C)CC5CCOC6CCN2C1C6C5CC34. The second-order valence-electron chi connectivity index (χ2n) is 10.8. The van der Waals surface area contributed by atoms with Crippen LogP contribution in [-0.4, -0.2) is 70.2 Å². The van der Waals surface area contributed by atoms with Gasteiger partial charge in [-0.1, -0.05) is 0 Å². The van der Waals surface area contributed by atoms with E-state index in [-0.39, 0.29) is 5.41 Å². The Kier molecular flexibility index (Phi) is 3.22. The van der Waals surface area contributed by atoms with Crippen LogP contribution in [0.1, 0.15) is 31.2 Å². The molecular weight excluding hydrogens is 364 g/mol. The second-order valence-corrected chi connectivity index (χ2v) is 10.8. The molecule has 1 spiro atoms. The molecule has 1 aromatic carbocycles. The molecule has 4 saturated heterocycles. The van der Waals surface area contributed by atoms with Crippen molar-refractivity contribution in [1.29, 1.82) is 0 Å². The third-order valence-electron chi connectivity index (χ3n) is 10.1. The van der Waals surface area contributed by atoms with Crippen molar-refractivity contribution in [3.05, 3.63) is 17.7 Å². The van der Waals surface area contributed by atoms with Gasteiger partial charge in [0, 0.05) is 49.6 Å². The summed E-state index contributed by atoms with van der Waals surface area (Å²) in [7, 11) is 6.10. The Morgan fingerprint density at radius 3 is 2.83 bits per heavy atom. The molecule has 1 saturated carbocycles. The van der Waals surface area contributed by atoms with E-state index in [4.69, 9.17) is 14.2 Å². The topological polar surface area (TPSA) is 30.9 Å². The molecule has 0 aromatic heterocycles. The average Bonchev–Trinajstić information content (AvgIpc) is 3.13. The van der Waals surface area contributed by atoms with Gasteiger partial charge in [-0.15, -0.1) is 0 Å². The Morgan fingerprint density at radius 2 is 2.00 bits per heavy atom. The number of methoxy groups -OCH3 is 2. The maximum absolute atomic E-state index is 6.56. The Hall–Kier alpha value is -1.46. The van der Waals surface area contributed by atoms with Crippen molar-refractivity contribution in [2.45, 2.75) is 49.3 Å². The summed E-state index contributed by atoms with van der Waals surface area (Å²) in [4.78, 5) is 2.78. The summed E-state index contributed by atoms with van der Waals surface area (Å²) in [5.74, 6) is 4.14. The van der Waals surface area contributed by atoms with Crippen LogP contribution in [0.4, 0.5) is 5.69 Å². The maximum atomic E-state index is 6.56. The molecule has 156 valence electrons. The van der Waals surface area contributed by atoms with Crippen LogP contribution in [0, 0.1) is 17.8 Å². The van der Waals surface area contributed by atoms with E-state index >= 15 is 0 Å². The fraction of sp³-hybridized carbons (Fsp3) is 0.750. The smallest absolute Gasteiger partial charge is 0.162 e. The highest BCUT2D eigenvalue weighted by atomic mass is 16.5. The third kappa shape index (κ3) is 1.83. The van der Waals surface area contributed by atoms with E-state index in [9.17, 15) is 0 Å². The molecular formula is C24H33N2O3+. The van der Waals surface area contributed by atoms with Crippen molar-refractivity contribution in [2.75, 3.05) is 52.4 Å². The fourth-order valence-electron chi connectivity index (χ4n) is 9.17. The number of ether oxygens (including phenoxy) is 3. The van der Waals surface area contributed by atoms with Gasteiger partial charge >= 0.3 is 0 Å². The van der Waals surface area contributed by atoms with Gasteiger partial charge in [0.15, 0.2) is 11.5 Å². The molecule has 1 aliphatic carbocycles. The molecule has 8 unspecified atom stereocenters. The first-order valence-corrected chi connectivity index (χ1v) is 11.6. The zero-order valence-electron chi connectivity index (χ0n) is 17.9. The van der Waals surface area contributed by atoms with E-state index in [1.54, 1.807) is 19.8 Å². The molecule has 6 aliphatic rings. The molecule has 5 nitrogen and oxygen atoms in total. The first-order valence-electron chi connectivity index (χ1n) is 11.6. The zero-order chi connectivity index (χ0) is 19.5. The number of rotatable bonds is 2. The maximum Gasteiger partial charge on any atom is 0.162 e. The minimum Gasteiger partial charge on any atom is -0.493 e. The van der Waals surface area contributed by atoms with Gasteiger partial charge in [0.2, 0.25) is 0 Å². The van der Waals surface area contributed by atoms with Crippen molar-refractivity contribution >= 4 is 5.69 Å². The van der Waals surface area contributed by atoms with Crippen LogP contribution in [0.3, 0.4) is 0 Å². The second kappa shape index (κ2) is 5.42. The summed E-state index contributed by atoms with van der Waals surface area (Å²) in [5.41, 5.74) is 3.23. The minimum atomic E-state index is 0.252. The van der Waals surface area contributed by atoms with E-state index in [2.05, 4.69) is 24.1 Å². The quantitative estimate of drug-likeness (QED) is 0.718. The first kappa shape index (κ1) is 17.2. The third-order valence-corrected chi connectivity index (χ3v) is 10.1. The summed E-state index contributed by atoms with van der Waals surface area (Å²) in [6, 6.07) is 5.96. The highest BCUT2D eigenvalue weighted by molar-refractivity contribution is 5.72. The highest BCUT2D eigenvalue weighted by Gasteiger charge is 2.74. The number of benzene rings is 1. The molecule has 5 fully saturated rings. The van der Waals surface area contributed by atoms with E-state index in [0.29, 0.717) is 18.1 Å². The van der Waals surface area contributed by atoms with Crippen LogP contribution in [0.25, 0.3) is 0 Å². The number of nitrogens with zero attached hydrogens (tertiary/aromatic N) is 2. The van der Waals surface area contributed by atoms with Gasteiger partial charge in [0.1, 0.15) is 6.04 Å². The van der Waals surface area contributed by atoms with Crippen molar-refractivity contribution in [2.24, 2.45) is 17.8 Å². The van der Waals surface area contributed by atoms with Gasteiger partial charge < -0.3 is 23.6 Å². The number of fused-ring (bicyclic) bond motifs is 2. The van der Waals surface area contributed by atoms with Crippen LogP contribution < -0.4 is 14.4 Å². The standard InChI is InChI=1S/C24H33N2O3/c1-26-8-6-24-16-11-19(27-2)20(28-3)12-17(16)25-7-4-18-22(23(24)25)15(10-21(24)26)14(13-26)5-9-29-18/h11-12,14-15,18,21-23H,4-10,13H2,1-3H3/q+1. The molecule has 7 rings (SSSR count). The molecule has 0 N–H and O–H groups in total. The molecule has 5 heterocycles. The average molecular weight is 398 g/mol. The molecule has 1 aromatic rings. The highest BCUT2D eigenvalue weighted by Crippen LogP contribution is 2.68. The summed E-state index contributed by atoms with van der Waals surface area (Å²) in [6.45, 7) is 4.77. The van der Waals surface area contributed by atoms with Crippen LogP contribution in [0.15, 0.2) is 12.1 Å². The van der Waals surface area contributed by atoms with Crippen molar-refractivity contribution in [3.8, 4) is 11.5 Å². The number of anilines is 1. The molecule has 2 bridgehead atoms. The summed E-state index contributed by atoms with van der Waals surface area (Å²) in [6.07, 6.45) is 5.60. The van der Waals surface area contributed by atoms with E-state index < -0.39 is 0 Å². The number of piperidine rings is 2. The molecule has 5 aliphatic heterocycles. The number of likely N-dealkylation sites (N-methyl/N-ethyl adjacent to an activating group) is 1. The van der Waals surface area contributed by atoms with Crippen molar-refractivity contribution < 1.29 is 18.7 Å².